The average molecular weight is 168 g/mol. The summed E-state index contributed by atoms with van der Waals surface area (Å²) in [7, 11) is 1.65. The quantitative estimate of drug-likeness (QED) is 0.671. The number of aromatic nitrogens is 1. The number of hydrogen-bond acceptors (Lipinski definition) is 2. The van der Waals surface area contributed by atoms with Crippen LogP contribution >= 0.6 is 0 Å². The van der Waals surface area contributed by atoms with Gasteiger partial charge in [0, 0.05) is 19.8 Å². The summed E-state index contributed by atoms with van der Waals surface area (Å²) in [5, 5.41) is 8.58. The van der Waals surface area contributed by atoms with E-state index in [-0.39, 0.29) is 12.5 Å². The lowest BCUT2D eigenvalue weighted by atomic mass is 10.4. The molecule has 0 aliphatic heterocycles. The molecule has 0 saturated carbocycles. The van der Waals surface area contributed by atoms with E-state index < -0.39 is 0 Å². The van der Waals surface area contributed by atoms with Gasteiger partial charge < -0.3 is 15.0 Å². The zero-order chi connectivity index (χ0) is 8.97. The van der Waals surface area contributed by atoms with Crippen LogP contribution in [0.3, 0.4) is 0 Å². The lowest BCUT2D eigenvalue weighted by Crippen LogP contribution is -2.29. The van der Waals surface area contributed by atoms with E-state index in [0.717, 1.165) is 0 Å². The molecule has 4 nitrogen and oxygen atoms in total. The lowest BCUT2D eigenvalue weighted by molar-refractivity contribution is 0.0762. The third kappa shape index (κ3) is 1.85. The van der Waals surface area contributed by atoms with Gasteiger partial charge in [-0.3, -0.25) is 4.79 Å². The third-order valence-corrected chi connectivity index (χ3v) is 1.61. The van der Waals surface area contributed by atoms with Crippen LogP contribution in [0.1, 0.15) is 10.5 Å². The van der Waals surface area contributed by atoms with Gasteiger partial charge in [0.15, 0.2) is 0 Å². The van der Waals surface area contributed by atoms with Gasteiger partial charge in [0.05, 0.1) is 6.61 Å². The monoisotopic (exact) mass is 168 g/mol. The molecular weight excluding hydrogens is 156 g/mol. The molecule has 1 rings (SSSR count). The van der Waals surface area contributed by atoms with E-state index in [1.165, 1.54) is 4.90 Å². The van der Waals surface area contributed by atoms with Gasteiger partial charge in [0.1, 0.15) is 5.69 Å². The SMILES string of the molecule is CN(CCO)C(=O)c1ccc[nH]1. The molecule has 66 valence electrons. The van der Waals surface area contributed by atoms with Gasteiger partial charge in [0.25, 0.3) is 5.91 Å². The number of carbonyl (C=O) groups is 1. The van der Waals surface area contributed by atoms with Gasteiger partial charge >= 0.3 is 0 Å². The summed E-state index contributed by atoms with van der Waals surface area (Å²) in [6.07, 6.45) is 1.69. The van der Waals surface area contributed by atoms with Crippen molar-refractivity contribution in [3.8, 4) is 0 Å². The minimum atomic E-state index is -0.103. The minimum absolute atomic E-state index is 0.0110. The minimum Gasteiger partial charge on any atom is -0.395 e. The normalized spacial score (nSPS) is 9.83. The number of nitrogens with zero attached hydrogens (tertiary/aromatic N) is 1. The number of hydrogen-bond donors (Lipinski definition) is 2. The first-order valence-corrected chi connectivity index (χ1v) is 3.75. The van der Waals surface area contributed by atoms with Gasteiger partial charge in [-0.2, -0.15) is 0 Å². The maximum atomic E-state index is 11.4. The van der Waals surface area contributed by atoms with Crippen LogP contribution in [-0.4, -0.2) is 41.1 Å². The van der Waals surface area contributed by atoms with E-state index in [0.29, 0.717) is 12.2 Å². The maximum absolute atomic E-state index is 11.4. The number of amides is 1. The standard InChI is InChI=1S/C8H12N2O2/c1-10(5-6-11)8(12)7-3-2-4-9-7/h2-4,9,11H,5-6H2,1H3. The zero-order valence-corrected chi connectivity index (χ0v) is 6.95. The summed E-state index contributed by atoms with van der Waals surface area (Å²) in [5.74, 6) is -0.103. The highest BCUT2D eigenvalue weighted by atomic mass is 16.3. The summed E-state index contributed by atoms with van der Waals surface area (Å²) < 4.78 is 0. The van der Waals surface area contributed by atoms with Crippen molar-refractivity contribution >= 4 is 5.91 Å². The van der Waals surface area contributed by atoms with Crippen LogP contribution in [0.2, 0.25) is 0 Å². The number of aliphatic hydroxyl groups excluding tert-OH is 1. The van der Waals surface area contributed by atoms with Gasteiger partial charge in [0.2, 0.25) is 0 Å². The summed E-state index contributed by atoms with van der Waals surface area (Å²) in [5.41, 5.74) is 0.547. The maximum Gasteiger partial charge on any atom is 0.270 e. The van der Waals surface area contributed by atoms with Crippen LogP contribution in [-0.2, 0) is 0 Å². The van der Waals surface area contributed by atoms with Crippen molar-refractivity contribution < 1.29 is 9.90 Å². The number of aliphatic hydroxyl groups is 1. The molecule has 0 radical (unpaired) electrons. The van der Waals surface area contributed by atoms with Crippen molar-refractivity contribution in [2.24, 2.45) is 0 Å². The third-order valence-electron chi connectivity index (χ3n) is 1.61. The zero-order valence-electron chi connectivity index (χ0n) is 6.95. The Kier molecular flexibility index (Phi) is 2.88. The highest BCUT2D eigenvalue weighted by Gasteiger charge is 2.10. The molecule has 1 aromatic heterocycles. The predicted molar refractivity (Wildman–Crippen MR) is 44.8 cm³/mol. The largest absolute Gasteiger partial charge is 0.395 e. The van der Waals surface area contributed by atoms with Gasteiger partial charge in [-0.1, -0.05) is 0 Å². The van der Waals surface area contributed by atoms with Gasteiger partial charge in [-0.05, 0) is 12.1 Å². The molecule has 1 heterocycles. The van der Waals surface area contributed by atoms with Crippen molar-refractivity contribution in [2.75, 3.05) is 20.2 Å². The second-order valence-corrected chi connectivity index (χ2v) is 2.53. The molecule has 0 atom stereocenters. The first-order valence-electron chi connectivity index (χ1n) is 3.75. The summed E-state index contributed by atoms with van der Waals surface area (Å²) >= 11 is 0. The van der Waals surface area contributed by atoms with Crippen LogP contribution in [0.4, 0.5) is 0 Å². The van der Waals surface area contributed by atoms with Gasteiger partial charge in [-0.25, -0.2) is 0 Å². The van der Waals surface area contributed by atoms with E-state index >= 15 is 0 Å². The second kappa shape index (κ2) is 3.92. The number of carbonyl (C=O) groups excluding carboxylic acids is 1. The van der Waals surface area contributed by atoms with Crippen molar-refractivity contribution in [1.29, 1.82) is 0 Å². The van der Waals surface area contributed by atoms with Crippen LogP contribution in [0.5, 0.6) is 0 Å². The number of H-pyrrole nitrogens is 1. The Labute approximate surface area is 70.8 Å². The average Bonchev–Trinajstić information content (AvgIpc) is 2.55. The molecule has 0 bridgehead atoms. The molecule has 12 heavy (non-hydrogen) atoms. The fourth-order valence-corrected chi connectivity index (χ4v) is 0.921. The molecule has 0 fully saturated rings. The first kappa shape index (κ1) is 8.80. The fraction of sp³-hybridized carbons (Fsp3) is 0.375. The topological polar surface area (TPSA) is 56.3 Å². The van der Waals surface area contributed by atoms with Gasteiger partial charge in [-0.15, -0.1) is 0 Å². The molecule has 0 spiro atoms. The molecule has 1 amide bonds. The smallest absolute Gasteiger partial charge is 0.270 e. The number of aromatic amines is 1. The highest BCUT2D eigenvalue weighted by Crippen LogP contribution is 1.98. The molecule has 0 aliphatic rings. The summed E-state index contributed by atoms with van der Waals surface area (Å²) in [6.45, 7) is 0.348. The van der Waals surface area contributed by atoms with E-state index in [1.54, 1.807) is 25.4 Å². The first-order chi connectivity index (χ1) is 5.75. The Hall–Kier alpha value is -1.29. The molecule has 0 aromatic carbocycles. The highest BCUT2D eigenvalue weighted by molar-refractivity contribution is 5.92. The van der Waals surface area contributed by atoms with Crippen LogP contribution in [0.25, 0.3) is 0 Å². The fourth-order valence-electron chi connectivity index (χ4n) is 0.921. The Morgan fingerprint density at radius 2 is 2.50 bits per heavy atom. The lowest BCUT2D eigenvalue weighted by Gasteiger charge is -2.13. The summed E-state index contributed by atoms with van der Waals surface area (Å²) in [4.78, 5) is 15.6. The Morgan fingerprint density at radius 1 is 1.75 bits per heavy atom. The molecule has 0 saturated heterocycles. The molecule has 0 aliphatic carbocycles. The van der Waals surface area contributed by atoms with E-state index in [2.05, 4.69) is 4.98 Å². The second-order valence-electron chi connectivity index (χ2n) is 2.53. The van der Waals surface area contributed by atoms with Crippen LogP contribution in [0, 0.1) is 0 Å². The van der Waals surface area contributed by atoms with E-state index in [4.69, 9.17) is 5.11 Å². The van der Waals surface area contributed by atoms with E-state index in [1.807, 2.05) is 0 Å². The Balaban J connectivity index is 2.59. The van der Waals surface area contributed by atoms with Crippen molar-refractivity contribution in [2.45, 2.75) is 0 Å². The van der Waals surface area contributed by atoms with Crippen molar-refractivity contribution in [3.05, 3.63) is 24.0 Å². The van der Waals surface area contributed by atoms with Crippen molar-refractivity contribution in [1.82, 2.24) is 9.88 Å². The molecule has 1 aromatic rings. The Morgan fingerprint density at radius 3 is 3.00 bits per heavy atom. The molecular formula is C8H12N2O2. The number of likely N-dealkylation sites (N-methyl/N-ethyl adjacent to an activating group) is 1. The Bertz CT molecular complexity index is 244. The number of nitrogens with one attached hydrogen (secondary N) is 1. The molecule has 4 heteroatoms. The number of rotatable bonds is 3. The van der Waals surface area contributed by atoms with Crippen LogP contribution in [0.15, 0.2) is 18.3 Å². The van der Waals surface area contributed by atoms with E-state index in [9.17, 15) is 4.79 Å². The summed E-state index contributed by atoms with van der Waals surface area (Å²) in [6, 6.07) is 3.47. The predicted octanol–water partition coefficient (Wildman–Crippen LogP) is 0.0790. The van der Waals surface area contributed by atoms with Crippen molar-refractivity contribution in [3.63, 3.8) is 0 Å². The molecule has 0 unspecified atom stereocenters. The molecule has 2 N–H and O–H groups in total. The van der Waals surface area contributed by atoms with Crippen LogP contribution < -0.4 is 0 Å².